The number of pyridine rings is 1. The fraction of sp³-hybridized carbons (Fsp3) is 0.133. The summed E-state index contributed by atoms with van der Waals surface area (Å²) in [6.07, 6.45) is 3.58. The van der Waals surface area contributed by atoms with Crippen molar-refractivity contribution >= 4 is 15.7 Å². The molecule has 0 saturated heterocycles. The van der Waals surface area contributed by atoms with Crippen molar-refractivity contribution in [1.29, 1.82) is 0 Å². The molecule has 1 aromatic carbocycles. The molecule has 0 aliphatic carbocycles. The second-order valence-corrected chi connectivity index (χ2v) is 6.64. The van der Waals surface area contributed by atoms with E-state index in [0.29, 0.717) is 5.69 Å². The first-order chi connectivity index (χ1) is 10.5. The SMILES string of the molecule is Cc1cccn2cc(CNS(=O)(=O)c3ccccc3F)nc12. The Bertz CT molecular complexity index is 935. The monoisotopic (exact) mass is 319 g/mol. The number of hydrogen-bond acceptors (Lipinski definition) is 3. The Kier molecular flexibility index (Phi) is 3.67. The van der Waals surface area contributed by atoms with E-state index in [9.17, 15) is 12.8 Å². The molecule has 2 aromatic heterocycles. The van der Waals surface area contributed by atoms with E-state index >= 15 is 0 Å². The van der Waals surface area contributed by atoms with Gasteiger partial charge in [-0.1, -0.05) is 18.2 Å². The van der Waals surface area contributed by atoms with Crippen molar-refractivity contribution in [3.63, 3.8) is 0 Å². The molecule has 0 fully saturated rings. The highest BCUT2D eigenvalue weighted by Crippen LogP contribution is 2.14. The summed E-state index contributed by atoms with van der Waals surface area (Å²) in [4.78, 5) is 4.01. The van der Waals surface area contributed by atoms with Gasteiger partial charge in [-0.3, -0.25) is 0 Å². The zero-order valence-electron chi connectivity index (χ0n) is 11.8. The third kappa shape index (κ3) is 2.72. The van der Waals surface area contributed by atoms with Crippen LogP contribution in [-0.2, 0) is 16.6 Å². The minimum absolute atomic E-state index is 0.00219. The Morgan fingerprint density at radius 2 is 2.00 bits per heavy atom. The molecule has 22 heavy (non-hydrogen) atoms. The number of rotatable bonds is 4. The fourth-order valence-corrected chi connectivity index (χ4v) is 3.27. The van der Waals surface area contributed by atoms with Gasteiger partial charge in [-0.2, -0.15) is 0 Å². The van der Waals surface area contributed by atoms with Crippen molar-refractivity contribution in [2.45, 2.75) is 18.4 Å². The average molecular weight is 319 g/mol. The van der Waals surface area contributed by atoms with Crippen LogP contribution >= 0.6 is 0 Å². The second kappa shape index (κ2) is 5.51. The smallest absolute Gasteiger partial charge is 0.243 e. The van der Waals surface area contributed by atoms with Gasteiger partial charge in [-0.05, 0) is 30.7 Å². The first-order valence-corrected chi connectivity index (χ1v) is 8.13. The lowest BCUT2D eigenvalue weighted by Gasteiger charge is -2.05. The van der Waals surface area contributed by atoms with Crippen LogP contribution in [0, 0.1) is 12.7 Å². The van der Waals surface area contributed by atoms with Crippen molar-refractivity contribution in [2.75, 3.05) is 0 Å². The first kappa shape index (κ1) is 14.7. The Labute approximate surface area is 127 Å². The number of nitrogens with zero attached hydrogens (tertiary/aromatic N) is 2. The number of aryl methyl sites for hydroxylation is 1. The van der Waals surface area contributed by atoms with E-state index < -0.39 is 15.8 Å². The van der Waals surface area contributed by atoms with Crippen LogP contribution in [0.15, 0.2) is 53.7 Å². The molecule has 3 rings (SSSR count). The Hall–Kier alpha value is -2.25. The van der Waals surface area contributed by atoms with Gasteiger partial charge in [0.1, 0.15) is 16.4 Å². The number of aromatic nitrogens is 2. The minimum atomic E-state index is -3.91. The topological polar surface area (TPSA) is 63.5 Å². The number of fused-ring (bicyclic) bond motifs is 1. The highest BCUT2D eigenvalue weighted by molar-refractivity contribution is 7.89. The van der Waals surface area contributed by atoms with E-state index in [1.165, 1.54) is 18.2 Å². The molecule has 1 N–H and O–H groups in total. The molecule has 0 aliphatic heterocycles. The lowest BCUT2D eigenvalue weighted by Crippen LogP contribution is -2.24. The van der Waals surface area contributed by atoms with Crippen LogP contribution in [0.3, 0.4) is 0 Å². The van der Waals surface area contributed by atoms with Crippen LogP contribution < -0.4 is 4.72 Å². The van der Waals surface area contributed by atoms with Crippen molar-refractivity contribution in [2.24, 2.45) is 0 Å². The molecule has 0 unspecified atom stereocenters. The zero-order valence-corrected chi connectivity index (χ0v) is 12.6. The van der Waals surface area contributed by atoms with Crippen LogP contribution in [0.1, 0.15) is 11.3 Å². The Morgan fingerprint density at radius 1 is 1.23 bits per heavy atom. The molecule has 0 aliphatic rings. The number of imidazole rings is 1. The molecular formula is C15H14FN3O2S. The van der Waals surface area contributed by atoms with Gasteiger partial charge in [0, 0.05) is 12.4 Å². The van der Waals surface area contributed by atoms with Crippen LogP contribution in [0.5, 0.6) is 0 Å². The maximum atomic E-state index is 13.6. The standard InChI is InChI=1S/C15H14FN3O2S/c1-11-5-4-8-19-10-12(18-15(11)19)9-17-22(20,21)14-7-3-2-6-13(14)16/h2-8,10,17H,9H2,1H3. The van der Waals surface area contributed by atoms with E-state index in [1.54, 1.807) is 6.20 Å². The first-order valence-electron chi connectivity index (χ1n) is 6.65. The van der Waals surface area contributed by atoms with Gasteiger partial charge < -0.3 is 4.40 Å². The van der Waals surface area contributed by atoms with Gasteiger partial charge in [0.2, 0.25) is 10.0 Å². The number of hydrogen-bond donors (Lipinski definition) is 1. The zero-order chi connectivity index (χ0) is 15.7. The van der Waals surface area contributed by atoms with Crippen molar-refractivity contribution in [3.8, 4) is 0 Å². The molecular weight excluding hydrogens is 305 g/mol. The largest absolute Gasteiger partial charge is 0.307 e. The van der Waals surface area contributed by atoms with Gasteiger partial charge >= 0.3 is 0 Å². The number of nitrogens with one attached hydrogen (secondary N) is 1. The van der Waals surface area contributed by atoms with E-state index in [0.717, 1.165) is 17.3 Å². The van der Waals surface area contributed by atoms with Crippen LogP contribution in [0.25, 0.3) is 5.65 Å². The van der Waals surface area contributed by atoms with Crippen LogP contribution in [0.2, 0.25) is 0 Å². The number of halogens is 1. The third-order valence-electron chi connectivity index (χ3n) is 3.30. The van der Waals surface area contributed by atoms with Gasteiger partial charge in [-0.25, -0.2) is 22.5 Å². The molecule has 0 spiro atoms. The van der Waals surface area contributed by atoms with Crippen LogP contribution in [-0.4, -0.2) is 17.8 Å². The lowest BCUT2D eigenvalue weighted by atomic mass is 10.3. The molecule has 7 heteroatoms. The van der Waals surface area contributed by atoms with Crippen molar-refractivity contribution in [3.05, 3.63) is 65.9 Å². The lowest BCUT2D eigenvalue weighted by molar-refractivity contribution is 0.556. The molecule has 0 radical (unpaired) electrons. The highest BCUT2D eigenvalue weighted by Gasteiger charge is 2.18. The predicted octanol–water partition coefficient (Wildman–Crippen LogP) is 2.26. The molecule has 0 saturated carbocycles. The molecule has 114 valence electrons. The maximum absolute atomic E-state index is 13.6. The molecule has 0 atom stereocenters. The normalized spacial score (nSPS) is 11.9. The number of sulfonamides is 1. The molecule has 0 bridgehead atoms. The summed E-state index contributed by atoms with van der Waals surface area (Å²) >= 11 is 0. The Morgan fingerprint density at radius 3 is 2.73 bits per heavy atom. The fourth-order valence-electron chi connectivity index (χ4n) is 2.20. The van der Waals surface area contributed by atoms with E-state index in [4.69, 9.17) is 0 Å². The van der Waals surface area contributed by atoms with Gasteiger partial charge in [0.25, 0.3) is 0 Å². The Balaban J connectivity index is 1.84. The van der Waals surface area contributed by atoms with Gasteiger partial charge in [-0.15, -0.1) is 0 Å². The van der Waals surface area contributed by atoms with Crippen molar-refractivity contribution < 1.29 is 12.8 Å². The molecule has 3 aromatic rings. The van der Waals surface area contributed by atoms with E-state index in [-0.39, 0.29) is 11.4 Å². The number of benzene rings is 1. The van der Waals surface area contributed by atoms with Gasteiger partial charge in [0.05, 0.1) is 12.2 Å². The summed E-state index contributed by atoms with van der Waals surface area (Å²) in [5.74, 6) is -0.777. The molecule has 2 heterocycles. The highest BCUT2D eigenvalue weighted by atomic mass is 32.2. The summed E-state index contributed by atoms with van der Waals surface area (Å²) in [6.45, 7) is 1.92. The summed E-state index contributed by atoms with van der Waals surface area (Å²) < 4.78 is 42.0. The second-order valence-electron chi connectivity index (χ2n) is 4.91. The van der Waals surface area contributed by atoms with E-state index in [1.807, 2.05) is 29.7 Å². The maximum Gasteiger partial charge on any atom is 0.243 e. The quantitative estimate of drug-likeness (QED) is 0.802. The van der Waals surface area contributed by atoms with Gasteiger partial charge in [0.15, 0.2) is 0 Å². The predicted molar refractivity (Wildman–Crippen MR) is 80.4 cm³/mol. The summed E-state index contributed by atoms with van der Waals surface area (Å²) in [7, 11) is -3.91. The summed E-state index contributed by atoms with van der Waals surface area (Å²) in [5, 5.41) is 0. The summed E-state index contributed by atoms with van der Waals surface area (Å²) in [5.41, 5.74) is 2.32. The molecule has 5 nitrogen and oxygen atoms in total. The van der Waals surface area contributed by atoms with Crippen LogP contribution in [0.4, 0.5) is 4.39 Å². The van der Waals surface area contributed by atoms with E-state index in [2.05, 4.69) is 9.71 Å². The summed E-state index contributed by atoms with van der Waals surface area (Å²) in [6, 6.07) is 9.08. The van der Waals surface area contributed by atoms with Crippen molar-refractivity contribution in [1.82, 2.24) is 14.1 Å². The molecule has 0 amide bonds. The average Bonchev–Trinajstić information content (AvgIpc) is 2.90. The third-order valence-corrected chi connectivity index (χ3v) is 4.73. The minimum Gasteiger partial charge on any atom is -0.307 e.